The van der Waals surface area contributed by atoms with Crippen LogP contribution in [0.25, 0.3) is 21.8 Å². The number of nitrogens with two attached hydrogens (primary N) is 1. The van der Waals surface area contributed by atoms with E-state index in [1.165, 1.54) is 24.5 Å². The largest absolute Gasteiger partial charge is 0.496 e. The van der Waals surface area contributed by atoms with Crippen LogP contribution in [0.5, 0.6) is 5.75 Å². The molecule has 3 aromatic rings. The molecule has 1 heterocycles. The third-order valence-electron chi connectivity index (χ3n) is 3.10. The van der Waals surface area contributed by atoms with Crippen LogP contribution in [-0.4, -0.2) is 12.1 Å². The summed E-state index contributed by atoms with van der Waals surface area (Å²) in [5, 5.41) is 2.47. The lowest BCUT2D eigenvalue weighted by Crippen LogP contribution is -1.91. The van der Waals surface area contributed by atoms with Gasteiger partial charge < -0.3 is 10.5 Å². The highest BCUT2D eigenvalue weighted by Gasteiger charge is 2.15. The van der Waals surface area contributed by atoms with Gasteiger partial charge in [0.05, 0.1) is 18.4 Å². The van der Waals surface area contributed by atoms with Crippen molar-refractivity contribution in [3.8, 4) is 27.6 Å². The normalized spacial score (nSPS) is 10.6. The molecule has 21 heavy (non-hydrogen) atoms. The van der Waals surface area contributed by atoms with Gasteiger partial charge in [-0.1, -0.05) is 18.2 Å². The molecule has 0 aliphatic heterocycles. The topological polar surface area (TPSA) is 48.1 Å². The predicted molar refractivity (Wildman–Crippen MR) is 83.9 cm³/mol. The van der Waals surface area contributed by atoms with Gasteiger partial charge in [0.1, 0.15) is 16.6 Å². The number of benzene rings is 2. The average Bonchev–Trinajstić information content (AvgIpc) is 2.96. The van der Waals surface area contributed by atoms with Crippen LogP contribution in [0.1, 0.15) is 0 Å². The molecule has 2 aromatic carbocycles. The minimum atomic E-state index is -0.345. The van der Waals surface area contributed by atoms with Crippen molar-refractivity contribution in [3.05, 3.63) is 53.7 Å². The molecule has 0 bridgehead atoms. The van der Waals surface area contributed by atoms with Crippen LogP contribution in [0.3, 0.4) is 0 Å². The highest BCUT2D eigenvalue weighted by atomic mass is 32.1. The molecule has 0 aliphatic carbocycles. The minimum Gasteiger partial charge on any atom is -0.496 e. The number of ether oxygens (including phenoxy) is 1. The molecular formula is C16H13FN2OS. The Hall–Kier alpha value is -2.40. The molecule has 0 atom stereocenters. The lowest BCUT2D eigenvalue weighted by Gasteiger charge is -2.06. The van der Waals surface area contributed by atoms with Gasteiger partial charge in [-0.05, 0) is 24.3 Å². The molecule has 0 fully saturated rings. The third kappa shape index (κ3) is 2.60. The molecule has 0 aliphatic rings. The Balaban J connectivity index is 2.07. The Morgan fingerprint density at radius 3 is 2.76 bits per heavy atom. The standard InChI is InChI=1S/C16H13FN2OS/c1-20-14-7-3-6-12(17)15(14)16-19-13(9-21-16)10-4-2-5-11(18)8-10/h2-9H,18H2,1H3. The minimum absolute atomic E-state index is 0.345. The first-order chi connectivity index (χ1) is 10.2. The fourth-order valence-corrected chi connectivity index (χ4v) is 2.98. The van der Waals surface area contributed by atoms with Gasteiger partial charge in [0.25, 0.3) is 0 Å². The van der Waals surface area contributed by atoms with Gasteiger partial charge in [-0.25, -0.2) is 9.37 Å². The molecule has 5 heteroatoms. The van der Waals surface area contributed by atoms with Crippen LogP contribution in [0.4, 0.5) is 10.1 Å². The van der Waals surface area contributed by atoms with Gasteiger partial charge in [-0.3, -0.25) is 0 Å². The van der Waals surface area contributed by atoms with Gasteiger partial charge >= 0.3 is 0 Å². The maximum Gasteiger partial charge on any atom is 0.137 e. The number of methoxy groups -OCH3 is 1. The first-order valence-electron chi connectivity index (χ1n) is 6.33. The molecule has 0 saturated heterocycles. The van der Waals surface area contributed by atoms with Crippen molar-refractivity contribution in [1.29, 1.82) is 0 Å². The second-order valence-electron chi connectivity index (χ2n) is 4.48. The van der Waals surface area contributed by atoms with Gasteiger partial charge in [0.15, 0.2) is 0 Å². The summed E-state index contributed by atoms with van der Waals surface area (Å²) in [4.78, 5) is 4.50. The molecule has 0 saturated carbocycles. The van der Waals surface area contributed by atoms with Crippen LogP contribution in [0.2, 0.25) is 0 Å². The number of halogens is 1. The van der Waals surface area contributed by atoms with E-state index in [-0.39, 0.29) is 5.82 Å². The fraction of sp³-hybridized carbons (Fsp3) is 0.0625. The Morgan fingerprint density at radius 1 is 1.19 bits per heavy atom. The van der Waals surface area contributed by atoms with Crippen molar-refractivity contribution in [2.24, 2.45) is 0 Å². The highest BCUT2D eigenvalue weighted by Crippen LogP contribution is 2.36. The fourth-order valence-electron chi connectivity index (χ4n) is 2.10. The van der Waals surface area contributed by atoms with Crippen LogP contribution in [0.15, 0.2) is 47.8 Å². The molecule has 0 unspecified atom stereocenters. The van der Waals surface area contributed by atoms with Crippen molar-refractivity contribution < 1.29 is 9.13 Å². The smallest absolute Gasteiger partial charge is 0.137 e. The maximum absolute atomic E-state index is 14.1. The van der Waals surface area contributed by atoms with Gasteiger partial charge in [-0.2, -0.15) is 0 Å². The number of thiazole rings is 1. The maximum atomic E-state index is 14.1. The van der Waals surface area contributed by atoms with Crippen molar-refractivity contribution in [1.82, 2.24) is 4.98 Å². The Labute approximate surface area is 125 Å². The second-order valence-corrected chi connectivity index (χ2v) is 5.34. The zero-order valence-electron chi connectivity index (χ0n) is 11.3. The van der Waals surface area contributed by atoms with Crippen molar-refractivity contribution in [3.63, 3.8) is 0 Å². The number of nitrogen functional groups attached to an aromatic ring is 1. The van der Waals surface area contributed by atoms with Gasteiger partial charge in [0.2, 0.25) is 0 Å². The number of anilines is 1. The van der Waals surface area contributed by atoms with Crippen molar-refractivity contribution in [2.45, 2.75) is 0 Å². The van der Waals surface area contributed by atoms with Crippen LogP contribution < -0.4 is 10.5 Å². The Bertz CT molecular complexity index is 785. The quantitative estimate of drug-likeness (QED) is 0.737. The number of hydrogen-bond donors (Lipinski definition) is 1. The number of aromatic nitrogens is 1. The van der Waals surface area contributed by atoms with E-state index >= 15 is 0 Å². The average molecular weight is 300 g/mol. The van der Waals surface area contributed by atoms with E-state index in [2.05, 4.69) is 4.98 Å². The summed E-state index contributed by atoms with van der Waals surface area (Å²) in [7, 11) is 1.52. The first-order valence-corrected chi connectivity index (χ1v) is 7.21. The van der Waals surface area contributed by atoms with E-state index in [9.17, 15) is 4.39 Å². The van der Waals surface area contributed by atoms with E-state index in [1.807, 2.05) is 29.6 Å². The number of rotatable bonds is 3. The van der Waals surface area contributed by atoms with Gasteiger partial charge in [-0.15, -0.1) is 11.3 Å². The van der Waals surface area contributed by atoms with E-state index in [0.29, 0.717) is 22.0 Å². The zero-order valence-corrected chi connectivity index (χ0v) is 12.2. The number of nitrogens with zero attached hydrogens (tertiary/aromatic N) is 1. The summed E-state index contributed by atoms with van der Waals surface area (Å²) in [6.07, 6.45) is 0. The molecule has 106 valence electrons. The van der Waals surface area contributed by atoms with E-state index in [0.717, 1.165) is 11.3 Å². The lowest BCUT2D eigenvalue weighted by molar-refractivity contribution is 0.413. The SMILES string of the molecule is COc1cccc(F)c1-c1nc(-c2cccc(N)c2)cs1. The summed E-state index contributed by atoms with van der Waals surface area (Å²) in [6.45, 7) is 0. The van der Waals surface area contributed by atoms with E-state index in [1.54, 1.807) is 12.1 Å². The molecular weight excluding hydrogens is 287 g/mol. The Morgan fingerprint density at radius 2 is 2.00 bits per heavy atom. The third-order valence-corrected chi connectivity index (χ3v) is 3.96. The molecule has 3 nitrogen and oxygen atoms in total. The van der Waals surface area contributed by atoms with Crippen molar-refractivity contribution in [2.75, 3.05) is 12.8 Å². The lowest BCUT2D eigenvalue weighted by atomic mass is 10.1. The molecule has 0 radical (unpaired) electrons. The second kappa shape index (κ2) is 5.54. The molecule has 1 aromatic heterocycles. The number of hydrogen-bond acceptors (Lipinski definition) is 4. The Kier molecular flexibility index (Phi) is 3.58. The van der Waals surface area contributed by atoms with Crippen LogP contribution in [-0.2, 0) is 0 Å². The summed E-state index contributed by atoms with van der Waals surface area (Å²) in [6, 6.07) is 12.2. The van der Waals surface area contributed by atoms with Crippen molar-refractivity contribution >= 4 is 17.0 Å². The first kappa shape index (κ1) is 13.6. The predicted octanol–water partition coefficient (Wildman–Crippen LogP) is 4.21. The molecule has 2 N–H and O–H groups in total. The summed E-state index contributed by atoms with van der Waals surface area (Å²) in [5.41, 5.74) is 8.52. The van der Waals surface area contributed by atoms with Crippen LogP contribution >= 0.6 is 11.3 Å². The molecule has 0 amide bonds. The zero-order chi connectivity index (χ0) is 14.8. The van der Waals surface area contributed by atoms with Gasteiger partial charge in [0, 0.05) is 16.6 Å². The van der Waals surface area contributed by atoms with Crippen LogP contribution in [0, 0.1) is 5.82 Å². The highest BCUT2D eigenvalue weighted by molar-refractivity contribution is 7.13. The molecule has 3 rings (SSSR count). The summed E-state index contributed by atoms with van der Waals surface area (Å²) >= 11 is 1.38. The van der Waals surface area contributed by atoms with E-state index < -0.39 is 0 Å². The van der Waals surface area contributed by atoms with E-state index in [4.69, 9.17) is 10.5 Å². The molecule has 0 spiro atoms. The monoisotopic (exact) mass is 300 g/mol. The summed E-state index contributed by atoms with van der Waals surface area (Å²) < 4.78 is 19.3. The summed E-state index contributed by atoms with van der Waals surface area (Å²) in [5.74, 6) is 0.131.